The molecule has 0 radical (unpaired) electrons. The second-order valence-corrected chi connectivity index (χ2v) is 5.38. The molecule has 0 N–H and O–H groups in total. The molecule has 0 saturated heterocycles. The Morgan fingerprint density at radius 2 is 1.96 bits per heavy atom. The minimum absolute atomic E-state index is 0.0430. The highest BCUT2D eigenvalue weighted by atomic mass is 19.1. The number of hydrogen-bond donors (Lipinski definition) is 0. The van der Waals surface area contributed by atoms with Gasteiger partial charge in [0.15, 0.2) is 0 Å². The summed E-state index contributed by atoms with van der Waals surface area (Å²) in [7, 11) is 1.78. The minimum atomic E-state index is -0.298. The second-order valence-electron chi connectivity index (χ2n) is 5.38. The predicted octanol–water partition coefficient (Wildman–Crippen LogP) is 4.37. The zero-order valence-electron chi connectivity index (χ0n) is 13.8. The number of ether oxygens (including phenoxy) is 1. The Kier molecular flexibility index (Phi) is 5.74. The summed E-state index contributed by atoms with van der Waals surface area (Å²) in [5.41, 5.74) is 2.08. The van der Waals surface area contributed by atoms with Crippen LogP contribution in [0.15, 0.2) is 42.5 Å². The molecular formula is C19H22FNO2. The predicted molar refractivity (Wildman–Crippen MR) is 90.3 cm³/mol. The molecule has 2 aromatic rings. The van der Waals surface area contributed by atoms with Crippen molar-refractivity contribution < 1.29 is 13.9 Å². The van der Waals surface area contributed by atoms with Gasteiger partial charge in [0.1, 0.15) is 11.6 Å². The molecule has 0 bridgehead atoms. The van der Waals surface area contributed by atoms with Crippen molar-refractivity contribution in [3.63, 3.8) is 0 Å². The molecule has 0 unspecified atom stereocenters. The van der Waals surface area contributed by atoms with Gasteiger partial charge < -0.3 is 9.64 Å². The largest absolute Gasteiger partial charge is 0.493 e. The van der Waals surface area contributed by atoms with Crippen LogP contribution in [0.1, 0.15) is 30.6 Å². The number of carbonyl (C=O) groups is 1. The molecule has 0 aromatic heterocycles. The molecule has 0 aliphatic rings. The number of nitrogens with zero attached hydrogens (tertiary/aromatic N) is 1. The molecule has 122 valence electrons. The Hall–Kier alpha value is -2.36. The smallest absolute Gasteiger partial charge is 0.253 e. The van der Waals surface area contributed by atoms with E-state index in [-0.39, 0.29) is 11.7 Å². The van der Waals surface area contributed by atoms with E-state index in [2.05, 4.69) is 0 Å². The third-order valence-electron chi connectivity index (χ3n) is 3.57. The highest BCUT2D eigenvalue weighted by Gasteiger charge is 2.15. The van der Waals surface area contributed by atoms with Crippen molar-refractivity contribution in [3.8, 4) is 16.9 Å². The number of carbonyl (C=O) groups excluding carboxylic acids is 1. The Balaban J connectivity index is 2.40. The van der Waals surface area contributed by atoms with Crippen LogP contribution in [0.3, 0.4) is 0 Å². The average molecular weight is 315 g/mol. The van der Waals surface area contributed by atoms with Crippen LogP contribution >= 0.6 is 0 Å². The lowest BCUT2D eigenvalue weighted by molar-refractivity contribution is 0.0794. The summed E-state index contributed by atoms with van der Waals surface area (Å²) in [5, 5.41) is 0. The fourth-order valence-corrected chi connectivity index (χ4v) is 2.48. The summed E-state index contributed by atoms with van der Waals surface area (Å²) in [6.07, 6.45) is 0.905. The summed E-state index contributed by atoms with van der Waals surface area (Å²) >= 11 is 0. The van der Waals surface area contributed by atoms with E-state index >= 15 is 0 Å². The van der Waals surface area contributed by atoms with E-state index in [1.165, 1.54) is 12.1 Å². The molecule has 0 aliphatic carbocycles. The van der Waals surface area contributed by atoms with E-state index in [9.17, 15) is 9.18 Å². The lowest BCUT2D eigenvalue weighted by Crippen LogP contribution is -2.27. The molecule has 0 atom stereocenters. The Bertz CT molecular complexity index is 685. The van der Waals surface area contributed by atoms with Gasteiger partial charge in [-0.1, -0.05) is 19.1 Å². The van der Waals surface area contributed by atoms with Crippen molar-refractivity contribution >= 4 is 5.91 Å². The molecule has 0 heterocycles. The lowest BCUT2D eigenvalue weighted by Gasteiger charge is -2.18. The Morgan fingerprint density at radius 3 is 2.61 bits per heavy atom. The fourth-order valence-electron chi connectivity index (χ4n) is 2.48. The highest BCUT2D eigenvalue weighted by molar-refractivity contribution is 5.95. The lowest BCUT2D eigenvalue weighted by atomic mass is 10.0. The van der Waals surface area contributed by atoms with Gasteiger partial charge in [-0.2, -0.15) is 0 Å². The van der Waals surface area contributed by atoms with Gasteiger partial charge in [0.2, 0.25) is 0 Å². The molecule has 0 fully saturated rings. The number of benzene rings is 2. The average Bonchev–Trinajstić information content (AvgIpc) is 2.54. The molecular weight excluding hydrogens is 293 g/mol. The topological polar surface area (TPSA) is 29.5 Å². The first-order chi connectivity index (χ1) is 11.1. The van der Waals surface area contributed by atoms with Gasteiger partial charge in [-0.15, -0.1) is 0 Å². The minimum Gasteiger partial charge on any atom is -0.493 e. The van der Waals surface area contributed by atoms with Gasteiger partial charge in [0.25, 0.3) is 5.91 Å². The van der Waals surface area contributed by atoms with Gasteiger partial charge in [-0.05, 0) is 49.2 Å². The SMILES string of the molecule is CCCN(C)C(=O)c1ccc(-c2cccc(F)c2)c(OCC)c1. The molecule has 2 rings (SSSR count). The van der Waals surface area contributed by atoms with Crippen molar-refractivity contribution in [3.05, 3.63) is 53.8 Å². The van der Waals surface area contributed by atoms with Crippen molar-refractivity contribution in [2.24, 2.45) is 0 Å². The van der Waals surface area contributed by atoms with Gasteiger partial charge in [0, 0.05) is 24.7 Å². The number of amides is 1. The van der Waals surface area contributed by atoms with Crippen molar-refractivity contribution in [2.75, 3.05) is 20.2 Å². The van der Waals surface area contributed by atoms with Crippen LogP contribution in [0.5, 0.6) is 5.75 Å². The quantitative estimate of drug-likeness (QED) is 0.792. The zero-order valence-corrected chi connectivity index (χ0v) is 13.8. The molecule has 3 nitrogen and oxygen atoms in total. The molecule has 2 aromatic carbocycles. The van der Waals surface area contributed by atoms with Crippen LogP contribution in [-0.2, 0) is 0 Å². The van der Waals surface area contributed by atoms with E-state index in [0.29, 0.717) is 24.5 Å². The first-order valence-corrected chi connectivity index (χ1v) is 7.85. The van der Waals surface area contributed by atoms with E-state index in [4.69, 9.17) is 4.74 Å². The zero-order chi connectivity index (χ0) is 16.8. The maximum Gasteiger partial charge on any atom is 0.253 e. The number of hydrogen-bond acceptors (Lipinski definition) is 2. The molecule has 0 aliphatic heterocycles. The summed E-state index contributed by atoms with van der Waals surface area (Å²) in [6.45, 7) is 5.09. The maximum absolute atomic E-state index is 13.5. The third kappa shape index (κ3) is 4.09. The van der Waals surface area contributed by atoms with Crippen LogP contribution in [0.4, 0.5) is 4.39 Å². The van der Waals surface area contributed by atoms with Crippen LogP contribution in [-0.4, -0.2) is 31.0 Å². The second kappa shape index (κ2) is 7.77. The molecule has 0 spiro atoms. The molecule has 0 saturated carbocycles. The maximum atomic E-state index is 13.5. The van der Waals surface area contributed by atoms with E-state index in [1.807, 2.05) is 26.0 Å². The van der Waals surface area contributed by atoms with Crippen molar-refractivity contribution in [1.82, 2.24) is 4.90 Å². The van der Waals surface area contributed by atoms with Crippen LogP contribution in [0.25, 0.3) is 11.1 Å². The standard InChI is InChI=1S/C19H22FNO2/c1-4-11-21(3)19(22)15-9-10-17(18(13-15)23-5-2)14-7-6-8-16(20)12-14/h6-10,12-13H,4-5,11H2,1-3H3. The number of halogens is 1. The summed E-state index contributed by atoms with van der Waals surface area (Å²) in [4.78, 5) is 14.1. The Morgan fingerprint density at radius 1 is 1.17 bits per heavy atom. The van der Waals surface area contributed by atoms with Crippen LogP contribution < -0.4 is 4.74 Å². The normalized spacial score (nSPS) is 10.4. The summed E-state index contributed by atoms with van der Waals surface area (Å²) < 4.78 is 19.1. The van der Waals surface area contributed by atoms with E-state index in [0.717, 1.165) is 17.5 Å². The van der Waals surface area contributed by atoms with Crippen LogP contribution in [0, 0.1) is 5.82 Å². The van der Waals surface area contributed by atoms with Crippen molar-refractivity contribution in [1.29, 1.82) is 0 Å². The Labute approximate surface area is 136 Å². The van der Waals surface area contributed by atoms with Gasteiger partial charge in [-0.25, -0.2) is 4.39 Å². The first kappa shape index (κ1) is 17.0. The summed E-state index contributed by atoms with van der Waals surface area (Å²) in [5.74, 6) is 0.250. The van der Waals surface area contributed by atoms with Crippen LogP contribution in [0.2, 0.25) is 0 Å². The first-order valence-electron chi connectivity index (χ1n) is 7.85. The van der Waals surface area contributed by atoms with Crippen molar-refractivity contribution in [2.45, 2.75) is 20.3 Å². The summed E-state index contributed by atoms with van der Waals surface area (Å²) in [6, 6.07) is 11.7. The third-order valence-corrected chi connectivity index (χ3v) is 3.57. The number of rotatable bonds is 6. The molecule has 23 heavy (non-hydrogen) atoms. The molecule has 1 amide bonds. The van der Waals surface area contributed by atoms with Gasteiger partial charge in [0.05, 0.1) is 6.61 Å². The molecule has 4 heteroatoms. The highest BCUT2D eigenvalue weighted by Crippen LogP contribution is 2.31. The fraction of sp³-hybridized carbons (Fsp3) is 0.316. The van der Waals surface area contributed by atoms with Gasteiger partial charge >= 0.3 is 0 Å². The van der Waals surface area contributed by atoms with E-state index in [1.54, 1.807) is 30.1 Å². The monoisotopic (exact) mass is 315 g/mol. The van der Waals surface area contributed by atoms with E-state index < -0.39 is 0 Å². The van der Waals surface area contributed by atoms with Gasteiger partial charge in [-0.3, -0.25) is 4.79 Å².